The van der Waals surface area contributed by atoms with Crippen LogP contribution in [0.15, 0.2) is 18.2 Å². The van der Waals surface area contributed by atoms with Gasteiger partial charge in [-0.15, -0.1) is 0 Å². The molecule has 7 nitrogen and oxygen atoms in total. The number of hydrogen-bond acceptors (Lipinski definition) is 5. The van der Waals surface area contributed by atoms with Gasteiger partial charge in [-0.2, -0.15) is 0 Å². The molecule has 1 saturated heterocycles. The van der Waals surface area contributed by atoms with Crippen LogP contribution in [0.2, 0.25) is 5.02 Å². The van der Waals surface area contributed by atoms with Gasteiger partial charge < -0.3 is 10.1 Å². The van der Waals surface area contributed by atoms with E-state index in [2.05, 4.69) is 10.2 Å². The predicted molar refractivity (Wildman–Crippen MR) is 86.9 cm³/mol. The molecule has 126 valence electrons. The Morgan fingerprint density at radius 2 is 2.09 bits per heavy atom. The van der Waals surface area contributed by atoms with Gasteiger partial charge in [-0.1, -0.05) is 11.6 Å². The van der Waals surface area contributed by atoms with Gasteiger partial charge in [-0.3, -0.25) is 19.8 Å². The molecular weight excluding hydrogens is 322 g/mol. The SMILES string of the molecule is CC(C)(CNC(=O)c1ccc(Cl)c([N+](=O)[O-])c1)N1CCOCC1. The summed E-state index contributed by atoms with van der Waals surface area (Å²) < 4.78 is 5.33. The van der Waals surface area contributed by atoms with Gasteiger partial charge in [0.25, 0.3) is 11.6 Å². The summed E-state index contributed by atoms with van der Waals surface area (Å²) in [6.45, 7) is 7.51. The van der Waals surface area contributed by atoms with E-state index in [1.54, 1.807) is 0 Å². The lowest BCUT2D eigenvalue weighted by Gasteiger charge is -2.40. The molecule has 1 N–H and O–H groups in total. The molecular formula is C15H20ClN3O4. The molecule has 1 fully saturated rings. The first kappa shape index (κ1) is 17.7. The highest BCUT2D eigenvalue weighted by molar-refractivity contribution is 6.32. The van der Waals surface area contributed by atoms with Crippen molar-refractivity contribution >= 4 is 23.2 Å². The molecule has 0 aromatic heterocycles. The van der Waals surface area contributed by atoms with Crippen molar-refractivity contribution in [3.8, 4) is 0 Å². The van der Waals surface area contributed by atoms with Crippen molar-refractivity contribution in [1.82, 2.24) is 10.2 Å². The monoisotopic (exact) mass is 341 g/mol. The first-order valence-corrected chi connectivity index (χ1v) is 7.74. The Hall–Kier alpha value is -1.70. The topological polar surface area (TPSA) is 84.7 Å². The number of morpholine rings is 1. The molecule has 8 heteroatoms. The minimum atomic E-state index is -0.600. The van der Waals surface area contributed by atoms with Crippen molar-refractivity contribution in [3.63, 3.8) is 0 Å². The van der Waals surface area contributed by atoms with Gasteiger partial charge in [0.2, 0.25) is 0 Å². The van der Waals surface area contributed by atoms with Crippen molar-refractivity contribution in [2.24, 2.45) is 0 Å². The second-order valence-electron chi connectivity index (χ2n) is 6.02. The molecule has 0 bridgehead atoms. The number of hydrogen-bond donors (Lipinski definition) is 1. The lowest BCUT2D eigenvalue weighted by Crippen LogP contribution is -2.55. The maximum atomic E-state index is 12.2. The fourth-order valence-electron chi connectivity index (χ4n) is 2.47. The van der Waals surface area contributed by atoms with Crippen molar-refractivity contribution in [1.29, 1.82) is 0 Å². The van der Waals surface area contributed by atoms with Gasteiger partial charge >= 0.3 is 0 Å². The van der Waals surface area contributed by atoms with Crippen molar-refractivity contribution in [2.45, 2.75) is 19.4 Å². The number of nitro groups is 1. The number of carbonyl (C=O) groups excluding carboxylic acids is 1. The zero-order valence-corrected chi connectivity index (χ0v) is 13.9. The highest BCUT2D eigenvalue weighted by Gasteiger charge is 2.29. The maximum Gasteiger partial charge on any atom is 0.288 e. The van der Waals surface area contributed by atoms with E-state index in [4.69, 9.17) is 16.3 Å². The number of carbonyl (C=O) groups is 1. The van der Waals surface area contributed by atoms with E-state index in [0.29, 0.717) is 19.8 Å². The summed E-state index contributed by atoms with van der Waals surface area (Å²) >= 11 is 5.76. The Morgan fingerprint density at radius 1 is 1.43 bits per heavy atom. The van der Waals surface area contributed by atoms with E-state index >= 15 is 0 Å². The molecule has 0 spiro atoms. The van der Waals surface area contributed by atoms with Crippen LogP contribution >= 0.6 is 11.6 Å². The molecule has 0 saturated carbocycles. The lowest BCUT2D eigenvalue weighted by atomic mass is 10.0. The van der Waals surface area contributed by atoms with E-state index in [9.17, 15) is 14.9 Å². The van der Waals surface area contributed by atoms with E-state index in [-0.39, 0.29) is 27.7 Å². The van der Waals surface area contributed by atoms with Gasteiger partial charge in [0, 0.05) is 36.8 Å². The second-order valence-corrected chi connectivity index (χ2v) is 6.43. The minimum absolute atomic E-state index is 0.0141. The van der Waals surface area contributed by atoms with E-state index in [1.807, 2.05) is 13.8 Å². The van der Waals surface area contributed by atoms with Crippen LogP contribution < -0.4 is 5.32 Å². The van der Waals surface area contributed by atoms with Crippen LogP contribution in [-0.2, 0) is 4.74 Å². The number of nitro benzene ring substituents is 1. The number of nitrogens with one attached hydrogen (secondary N) is 1. The fourth-order valence-corrected chi connectivity index (χ4v) is 2.66. The molecule has 2 rings (SSSR count). The average Bonchev–Trinajstić information content (AvgIpc) is 2.53. The normalized spacial score (nSPS) is 16.1. The third kappa shape index (κ3) is 4.40. The molecule has 0 radical (unpaired) electrons. The van der Waals surface area contributed by atoms with Crippen LogP contribution in [-0.4, -0.2) is 54.1 Å². The highest BCUT2D eigenvalue weighted by Crippen LogP contribution is 2.25. The van der Waals surface area contributed by atoms with E-state index < -0.39 is 4.92 Å². The molecule has 0 unspecified atom stereocenters. The number of benzene rings is 1. The number of ether oxygens (including phenoxy) is 1. The zero-order chi connectivity index (χ0) is 17.0. The number of amides is 1. The lowest BCUT2D eigenvalue weighted by molar-refractivity contribution is -0.384. The number of rotatable bonds is 5. The third-order valence-corrected chi connectivity index (χ3v) is 4.27. The van der Waals surface area contributed by atoms with Gasteiger partial charge in [0.05, 0.1) is 18.1 Å². The summed E-state index contributed by atoms with van der Waals surface area (Å²) in [7, 11) is 0. The Bertz CT molecular complexity index is 600. The summed E-state index contributed by atoms with van der Waals surface area (Å²) in [6.07, 6.45) is 0. The Morgan fingerprint density at radius 3 is 2.70 bits per heavy atom. The van der Waals surface area contributed by atoms with Gasteiger partial charge in [-0.25, -0.2) is 0 Å². The van der Waals surface area contributed by atoms with E-state index in [1.165, 1.54) is 18.2 Å². The van der Waals surface area contributed by atoms with Crippen molar-refractivity contribution in [3.05, 3.63) is 38.9 Å². The van der Waals surface area contributed by atoms with E-state index in [0.717, 1.165) is 13.1 Å². The zero-order valence-electron chi connectivity index (χ0n) is 13.2. The largest absolute Gasteiger partial charge is 0.379 e. The van der Waals surface area contributed by atoms with Gasteiger partial charge in [0.1, 0.15) is 5.02 Å². The Labute approximate surface area is 139 Å². The second kappa shape index (κ2) is 7.25. The smallest absolute Gasteiger partial charge is 0.288 e. The number of halogens is 1. The van der Waals surface area contributed by atoms with Crippen LogP contribution in [0.5, 0.6) is 0 Å². The minimum Gasteiger partial charge on any atom is -0.379 e. The molecule has 1 aromatic carbocycles. The maximum absolute atomic E-state index is 12.2. The first-order valence-electron chi connectivity index (χ1n) is 7.36. The summed E-state index contributed by atoms with van der Waals surface area (Å²) in [5, 5.41) is 13.7. The molecule has 0 atom stereocenters. The highest BCUT2D eigenvalue weighted by atomic mass is 35.5. The van der Waals surface area contributed by atoms with Crippen molar-refractivity contribution in [2.75, 3.05) is 32.8 Å². The molecule has 1 heterocycles. The molecule has 0 aliphatic carbocycles. The number of nitrogens with zero attached hydrogens (tertiary/aromatic N) is 2. The molecule has 1 aliphatic rings. The van der Waals surface area contributed by atoms with Crippen LogP contribution in [0, 0.1) is 10.1 Å². The predicted octanol–water partition coefficient (Wildman–Crippen LogP) is 2.09. The Kier molecular flexibility index (Phi) is 5.56. The molecule has 1 aliphatic heterocycles. The first-order chi connectivity index (χ1) is 10.8. The molecule has 1 aromatic rings. The average molecular weight is 342 g/mol. The standard InChI is InChI=1S/C15H20ClN3O4/c1-15(2,18-5-7-23-8-6-18)10-17-14(20)11-3-4-12(16)13(9-11)19(21)22/h3-4,9H,5-8,10H2,1-2H3,(H,17,20). The van der Waals surface area contributed by atoms with Crippen LogP contribution in [0.4, 0.5) is 5.69 Å². The van der Waals surface area contributed by atoms with Gasteiger partial charge in [0.15, 0.2) is 0 Å². The van der Waals surface area contributed by atoms with Crippen LogP contribution in [0.1, 0.15) is 24.2 Å². The summed E-state index contributed by atoms with van der Waals surface area (Å²) in [5.41, 5.74) is -0.275. The third-order valence-electron chi connectivity index (χ3n) is 3.95. The quantitative estimate of drug-likeness (QED) is 0.654. The van der Waals surface area contributed by atoms with Crippen LogP contribution in [0.25, 0.3) is 0 Å². The molecule has 23 heavy (non-hydrogen) atoms. The molecule has 1 amide bonds. The van der Waals surface area contributed by atoms with Gasteiger partial charge in [-0.05, 0) is 26.0 Å². The fraction of sp³-hybridized carbons (Fsp3) is 0.533. The summed E-state index contributed by atoms with van der Waals surface area (Å²) in [5.74, 6) is -0.355. The summed E-state index contributed by atoms with van der Waals surface area (Å²) in [4.78, 5) is 24.8. The van der Waals surface area contributed by atoms with Crippen molar-refractivity contribution < 1.29 is 14.5 Å². The Balaban J connectivity index is 2.01. The summed E-state index contributed by atoms with van der Waals surface area (Å²) in [6, 6.07) is 4.04. The van der Waals surface area contributed by atoms with Crippen LogP contribution in [0.3, 0.4) is 0 Å².